The van der Waals surface area contributed by atoms with Gasteiger partial charge in [0.15, 0.2) is 11.5 Å². The molecule has 1 saturated heterocycles. The van der Waals surface area contributed by atoms with Gasteiger partial charge >= 0.3 is 0 Å². The van der Waals surface area contributed by atoms with E-state index in [4.69, 9.17) is 5.11 Å². The molecule has 6 nitrogen and oxygen atoms in total. The minimum absolute atomic E-state index is 0.0699. The predicted octanol–water partition coefficient (Wildman–Crippen LogP) is 7.89. The van der Waals surface area contributed by atoms with Crippen LogP contribution >= 0.6 is 0 Å². The second kappa shape index (κ2) is 23.0. The summed E-state index contributed by atoms with van der Waals surface area (Å²) in [5.41, 5.74) is 2.02. The van der Waals surface area contributed by atoms with Gasteiger partial charge in [0.1, 0.15) is 11.6 Å². The Kier molecular flexibility index (Phi) is 21.0. The normalized spacial score (nSPS) is 12.4. The highest BCUT2D eigenvalue weighted by Gasteiger charge is 2.17. The summed E-state index contributed by atoms with van der Waals surface area (Å²) >= 11 is 0. The van der Waals surface area contributed by atoms with Gasteiger partial charge in [0.05, 0.1) is 20.0 Å². The van der Waals surface area contributed by atoms with Gasteiger partial charge in [0.25, 0.3) is 0 Å². The predicted molar refractivity (Wildman–Crippen MR) is 168 cm³/mol. The molecule has 0 radical (unpaired) electrons. The first kappa shape index (κ1) is 38.4. The molecule has 234 valence electrons. The highest BCUT2D eigenvalue weighted by Crippen LogP contribution is 2.30. The van der Waals surface area contributed by atoms with Crippen molar-refractivity contribution in [3.63, 3.8) is 0 Å². The highest BCUT2D eigenvalue weighted by atomic mass is 19.1. The summed E-state index contributed by atoms with van der Waals surface area (Å²) in [6.07, 6.45) is 4.74. The van der Waals surface area contributed by atoms with E-state index in [-0.39, 0.29) is 23.5 Å². The van der Waals surface area contributed by atoms with Crippen molar-refractivity contribution in [1.29, 1.82) is 0 Å². The summed E-state index contributed by atoms with van der Waals surface area (Å²) in [6, 6.07) is 13.0. The summed E-state index contributed by atoms with van der Waals surface area (Å²) in [7, 11) is 3.04. The van der Waals surface area contributed by atoms with Crippen molar-refractivity contribution < 1.29 is 28.2 Å². The number of ether oxygens (including phenoxy) is 2. The molecule has 2 aromatic rings. The zero-order valence-electron chi connectivity index (χ0n) is 26.2. The lowest BCUT2D eigenvalue weighted by Crippen LogP contribution is -2.46. The Morgan fingerprint density at radius 3 is 1.69 bits per heavy atom. The fourth-order valence-corrected chi connectivity index (χ4v) is 3.84. The van der Waals surface area contributed by atoms with Gasteiger partial charge in [-0.2, -0.15) is 0 Å². The van der Waals surface area contributed by atoms with Gasteiger partial charge in [-0.05, 0) is 62.1 Å². The minimum atomic E-state index is -0.266. The molecule has 0 aromatic heterocycles. The number of rotatable bonds is 10. The number of amides is 1. The van der Waals surface area contributed by atoms with Crippen molar-refractivity contribution in [1.82, 2.24) is 10.2 Å². The van der Waals surface area contributed by atoms with E-state index in [1.54, 1.807) is 44.2 Å². The molecule has 1 heterocycles. The van der Waals surface area contributed by atoms with Gasteiger partial charge in [-0.25, -0.2) is 8.78 Å². The third-order valence-corrected chi connectivity index (χ3v) is 6.37. The van der Waals surface area contributed by atoms with Gasteiger partial charge in [-0.15, -0.1) is 0 Å². The van der Waals surface area contributed by atoms with Crippen molar-refractivity contribution in [3.05, 3.63) is 108 Å². The smallest absolute Gasteiger partial charge is 0.222 e. The number of hydrogen-bond donors (Lipinski definition) is 2. The number of piperazine rings is 1. The van der Waals surface area contributed by atoms with Crippen LogP contribution in [0, 0.1) is 11.6 Å². The summed E-state index contributed by atoms with van der Waals surface area (Å²) in [6.45, 7) is 17.7. The lowest BCUT2D eigenvalue weighted by atomic mass is 9.87. The maximum Gasteiger partial charge on any atom is 0.222 e. The molecule has 0 saturated carbocycles. The van der Waals surface area contributed by atoms with Gasteiger partial charge in [0.2, 0.25) is 5.91 Å². The molecule has 0 aliphatic carbocycles. The topological polar surface area (TPSA) is 71.0 Å². The van der Waals surface area contributed by atoms with Crippen molar-refractivity contribution >= 4 is 5.91 Å². The second-order valence-corrected chi connectivity index (χ2v) is 9.22. The summed E-state index contributed by atoms with van der Waals surface area (Å²) in [5, 5.41) is 11.5. The van der Waals surface area contributed by atoms with Crippen molar-refractivity contribution in [2.24, 2.45) is 0 Å². The standard InChI is InChI=1S/C22H26F2N2O.C6H10O2.C4H8O.C2H6/c23-19-9-5-17(6-10-19)21(18-7-11-20(24)12-8-18)3-1-2-4-22(27)26-15-13-25-14-16-26;1-5(7-3)6(2)8-4;1-3-4(2)5;1-2/h5-12,21,25H,1-4,13-16H2;1-2H2,3-4H3;3,5H,1-2H3;1-2H3/b;;4-3+;. The van der Waals surface area contributed by atoms with Crippen LogP contribution in [0.4, 0.5) is 8.78 Å². The molecule has 1 fully saturated rings. The van der Waals surface area contributed by atoms with Gasteiger partial charge in [0, 0.05) is 38.5 Å². The Morgan fingerprint density at radius 1 is 0.929 bits per heavy atom. The van der Waals surface area contributed by atoms with E-state index in [9.17, 15) is 13.6 Å². The van der Waals surface area contributed by atoms with Crippen LogP contribution in [0.5, 0.6) is 0 Å². The van der Waals surface area contributed by atoms with Crippen LogP contribution in [0.1, 0.15) is 70.4 Å². The molecule has 3 rings (SSSR count). The van der Waals surface area contributed by atoms with E-state index in [1.165, 1.54) is 38.5 Å². The monoisotopic (exact) mass is 588 g/mol. The fraction of sp³-hybridized carbons (Fsp3) is 0.441. The van der Waals surface area contributed by atoms with Crippen molar-refractivity contribution in [2.45, 2.75) is 59.3 Å². The average Bonchev–Trinajstić information content (AvgIpc) is 3.03. The number of nitrogens with zero attached hydrogens (tertiary/aromatic N) is 1. The van der Waals surface area contributed by atoms with Crippen LogP contribution in [-0.4, -0.2) is 56.3 Å². The molecule has 1 aliphatic rings. The molecule has 0 unspecified atom stereocenters. The van der Waals surface area contributed by atoms with Gasteiger partial charge < -0.3 is 24.8 Å². The number of aliphatic hydroxyl groups excluding tert-OH is 1. The lowest BCUT2D eigenvalue weighted by Gasteiger charge is -2.27. The molecule has 1 aliphatic heterocycles. The Bertz CT molecular complexity index is 1000. The van der Waals surface area contributed by atoms with Crippen LogP contribution in [0.2, 0.25) is 0 Å². The zero-order valence-corrected chi connectivity index (χ0v) is 26.2. The van der Waals surface area contributed by atoms with Crippen LogP contribution < -0.4 is 5.32 Å². The number of aliphatic hydroxyl groups is 1. The third-order valence-electron chi connectivity index (χ3n) is 6.37. The maximum absolute atomic E-state index is 13.3. The molecule has 1 amide bonds. The Hall–Kier alpha value is -3.65. The third kappa shape index (κ3) is 16.0. The first-order chi connectivity index (χ1) is 20.1. The Labute approximate surface area is 251 Å². The number of halogens is 2. The van der Waals surface area contributed by atoms with E-state index in [2.05, 4.69) is 27.9 Å². The first-order valence-corrected chi connectivity index (χ1v) is 14.4. The molecular weight excluding hydrogens is 538 g/mol. The molecule has 0 atom stereocenters. The molecule has 8 heteroatoms. The summed E-state index contributed by atoms with van der Waals surface area (Å²) in [5.74, 6) is 1.07. The maximum atomic E-state index is 13.3. The van der Waals surface area contributed by atoms with E-state index >= 15 is 0 Å². The number of hydrogen-bond acceptors (Lipinski definition) is 5. The second-order valence-electron chi connectivity index (χ2n) is 9.22. The lowest BCUT2D eigenvalue weighted by molar-refractivity contribution is -0.131. The Balaban J connectivity index is 0.000000932. The van der Waals surface area contributed by atoms with Crippen LogP contribution in [0.25, 0.3) is 0 Å². The van der Waals surface area contributed by atoms with Crippen molar-refractivity contribution in [2.75, 3.05) is 40.4 Å². The van der Waals surface area contributed by atoms with Crippen LogP contribution in [-0.2, 0) is 14.3 Å². The minimum Gasteiger partial charge on any atom is -0.513 e. The highest BCUT2D eigenvalue weighted by molar-refractivity contribution is 5.76. The number of carbonyl (C=O) groups excluding carboxylic acids is 1. The SMILES string of the molecule is C/C=C(\C)O.C=C(OC)C(=C)OC.CC.O=C(CCCCC(c1ccc(F)cc1)c1ccc(F)cc1)N1CCNCC1. The molecular formula is C34H50F2N2O4. The van der Waals surface area contributed by atoms with E-state index in [0.29, 0.717) is 23.7 Å². The number of allylic oxidation sites excluding steroid dienone is 2. The molecule has 0 bridgehead atoms. The van der Waals surface area contributed by atoms with Gasteiger partial charge in [-0.1, -0.05) is 63.8 Å². The fourth-order valence-electron chi connectivity index (χ4n) is 3.84. The molecule has 0 spiro atoms. The van der Waals surface area contributed by atoms with E-state index < -0.39 is 0 Å². The molecule has 2 aromatic carbocycles. The molecule has 2 N–H and O–H groups in total. The summed E-state index contributed by atoms with van der Waals surface area (Å²) < 4.78 is 35.9. The first-order valence-electron chi connectivity index (χ1n) is 14.4. The quantitative estimate of drug-likeness (QED) is 0.168. The number of nitrogens with one attached hydrogen (secondary N) is 1. The Morgan fingerprint density at radius 2 is 1.33 bits per heavy atom. The van der Waals surface area contributed by atoms with E-state index in [1.807, 2.05) is 18.7 Å². The largest absolute Gasteiger partial charge is 0.513 e. The van der Waals surface area contributed by atoms with Gasteiger partial charge in [-0.3, -0.25) is 4.79 Å². The average molecular weight is 589 g/mol. The number of benzene rings is 2. The van der Waals surface area contributed by atoms with Crippen molar-refractivity contribution in [3.8, 4) is 0 Å². The van der Waals surface area contributed by atoms with Crippen LogP contribution in [0.15, 0.2) is 85.0 Å². The van der Waals surface area contributed by atoms with Crippen LogP contribution in [0.3, 0.4) is 0 Å². The zero-order chi connectivity index (χ0) is 31.9. The van der Waals surface area contributed by atoms with E-state index in [0.717, 1.165) is 56.6 Å². The number of unbranched alkanes of at least 4 members (excludes halogenated alkanes) is 1. The number of methoxy groups -OCH3 is 2. The molecule has 42 heavy (non-hydrogen) atoms. The number of carbonyl (C=O) groups is 1. The summed E-state index contributed by atoms with van der Waals surface area (Å²) in [4.78, 5) is 14.2.